The molecule has 4 nitrogen and oxygen atoms in total. The van der Waals surface area contributed by atoms with Crippen molar-refractivity contribution in [1.29, 1.82) is 0 Å². The largest absolute Gasteiger partial charge is 0.335 e. The van der Waals surface area contributed by atoms with Crippen molar-refractivity contribution in [2.75, 3.05) is 6.54 Å². The Bertz CT molecular complexity index is 473. The molecule has 1 atom stereocenters. The predicted molar refractivity (Wildman–Crippen MR) is 88.0 cm³/mol. The summed E-state index contributed by atoms with van der Waals surface area (Å²) in [6.07, 6.45) is 1.27. The number of nitrogens with zero attached hydrogens (tertiary/aromatic N) is 2. The van der Waals surface area contributed by atoms with Crippen LogP contribution in [0.2, 0.25) is 0 Å². The molecule has 0 N–H and O–H groups in total. The van der Waals surface area contributed by atoms with E-state index in [1.54, 1.807) is 27.7 Å². The van der Waals surface area contributed by atoms with Crippen LogP contribution in [0.15, 0.2) is 24.3 Å². The number of halogens is 2. The first-order valence-corrected chi connectivity index (χ1v) is 7.88. The quantitative estimate of drug-likeness (QED) is 0.638. The second-order valence-corrected chi connectivity index (χ2v) is 6.03. The van der Waals surface area contributed by atoms with Gasteiger partial charge in [-0.25, -0.2) is 8.78 Å². The third kappa shape index (κ3) is 6.12. The molecule has 2 amide bonds. The topological polar surface area (TPSA) is 40.6 Å². The zero-order valence-corrected chi connectivity index (χ0v) is 14.9. The fourth-order valence-electron chi connectivity index (χ4n) is 2.44. The van der Waals surface area contributed by atoms with Crippen molar-refractivity contribution in [3.8, 4) is 0 Å². The Balaban J connectivity index is 5.07. The summed E-state index contributed by atoms with van der Waals surface area (Å²) in [6.45, 7) is 14.0. The molecule has 132 valence electrons. The van der Waals surface area contributed by atoms with Crippen molar-refractivity contribution in [3.63, 3.8) is 0 Å². The van der Waals surface area contributed by atoms with E-state index >= 15 is 0 Å². The lowest BCUT2D eigenvalue weighted by Crippen LogP contribution is -2.43. The Morgan fingerprint density at radius 2 is 1.57 bits per heavy atom. The van der Waals surface area contributed by atoms with Gasteiger partial charge in [0.2, 0.25) is 0 Å². The van der Waals surface area contributed by atoms with Gasteiger partial charge in [0.1, 0.15) is 0 Å². The molecule has 0 fully saturated rings. The van der Waals surface area contributed by atoms with Gasteiger partial charge in [-0.2, -0.15) is 0 Å². The molecule has 0 saturated heterocycles. The molecule has 0 bridgehead atoms. The minimum atomic E-state index is -1.05. The van der Waals surface area contributed by atoms with Crippen LogP contribution >= 0.6 is 0 Å². The molecular formula is C17H28F2N2O2. The van der Waals surface area contributed by atoms with Gasteiger partial charge in [-0.15, -0.1) is 0 Å². The van der Waals surface area contributed by atoms with Gasteiger partial charge in [-0.1, -0.05) is 6.58 Å². The molecule has 23 heavy (non-hydrogen) atoms. The van der Waals surface area contributed by atoms with Crippen LogP contribution in [-0.2, 0) is 9.59 Å². The monoisotopic (exact) mass is 330 g/mol. The first-order chi connectivity index (χ1) is 10.5. The lowest BCUT2D eigenvalue weighted by molar-refractivity contribution is -0.132. The lowest BCUT2D eigenvalue weighted by Gasteiger charge is -2.32. The Kier molecular flexibility index (Phi) is 8.72. The second kappa shape index (κ2) is 9.43. The van der Waals surface area contributed by atoms with Crippen molar-refractivity contribution < 1.29 is 18.4 Å². The molecule has 0 aliphatic heterocycles. The van der Waals surface area contributed by atoms with Gasteiger partial charge in [-0.05, 0) is 54.0 Å². The Hall–Kier alpha value is -1.72. The van der Waals surface area contributed by atoms with Gasteiger partial charge >= 0.3 is 0 Å². The minimum Gasteiger partial charge on any atom is -0.335 e. The number of carbonyl (C=O) groups is 2. The van der Waals surface area contributed by atoms with Crippen molar-refractivity contribution >= 4 is 11.8 Å². The predicted octanol–water partition coefficient (Wildman–Crippen LogP) is 3.60. The summed E-state index contributed by atoms with van der Waals surface area (Å²) in [7, 11) is 0. The summed E-state index contributed by atoms with van der Waals surface area (Å²) >= 11 is 0. The van der Waals surface area contributed by atoms with Crippen LogP contribution in [0.4, 0.5) is 8.78 Å². The first-order valence-electron chi connectivity index (χ1n) is 7.88. The van der Waals surface area contributed by atoms with Crippen molar-refractivity contribution in [1.82, 2.24) is 9.80 Å². The molecule has 1 unspecified atom stereocenters. The van der Waals surface area contributed by atoms with Crippen LogP contribution in [0.3, 0.4) is 0 Å². The van der Waals surface area contributed by atoms with E-state index in [1.807, 2.05) is 13.8 Å². The molecule has 6 heteroatoms. The number of rotatable bonds is 8. The Morgan fingerprint density at radius 3 is 1.91 bits per heavy atom. The van der Waals surface area contributed by atoms with Crippen molar-refractivity contribution in [2.24, 2.45) is 0 Å². The van der Waals surface area contributed by atoms with E-state index in [-0.39, 0.29) is 18.5 Å². The molecule has 0 saturated carbocycles. The highest BCUT2D eigenvalue weighted by Gasteiger charge is 2.25. The fraction of sp³-hybridized carbons (Fsp3) is 0.647. The number of carbonyl (C=O) groups excluding carboxylic acids is 2. The molecule has 0 aliphatic rings. The number of hydrogen-bond acceptors (Lipinski definition) is 2. The Morgan fingerprint density at radius 1 is 1.04 bits per heavy atom. The number of hydrogen-bond donors (Lipinski definition) is 0. The standard InChI is InChI=1S/C17H28F2N2O2/c1-8-20(11(2)3)17(23)15(19)10-9-13(6)21(12(4)5)16(22)14(7)18/h10-13H,7-9H2,1-6H3/b15-10-. The van der Waals surface area contributed by atoms with E-state index in [2.05, 4.69) is 6.58 Å². The maximum atomic E-state index is 14.1. The normalized spacial score (nSPS) is 13.2. The first kappa shape index (κ1) is 21.3. The highest BCUT2D eigenvalue weighted by atomic mass is 19.1. The molecule has 0 aromatic carbocycles. The molecule has 0 spiro atoms. The number of amides is 2. The van der Waals surface area contributed by atoms with E-state index < -0.39 is 29.5 Å². The molecule has 0 aromatic rings. The zero-order chi connectivity index (χ0) is 18.3. The number of likely N-dealkylation sites (N-methyl/N-ethyl adjacent to an activating group) is 1. The third-order valence-electron chi connectivity index (χ3n) is 3.57. The molecule has 0 rings (SSSR count). The van der Waals surface area contributed by atoms with E-state index in [1.165, 1.54) is 9.80 Å². The maximum absolute atomic E-state index is 14.1. The van der Waals surface area contributed by atoms with E-state index in [9.17, 15) is 18.4 Å². The van der Waals surface area contributed by atoms with E-state index in [0.29, 0.717) is 6.54 Å². The van der Waals surface area contributed by atoms with Gasteiger partial charge < -0.3 is 9.80 Å². The van der Waals surface area contributed by atoms with Crippen LogP contribution in [0.5, 0.6) is 0 Å². The summed E-state index contributed by atoms with van der Waals surface area (Å²) in [4.78, 5) is 26.5. The second-order valence-electron chi connectivity index (χ2n) is 6.03. The van der Waals surface area contributed by atoms with Gasteiger partial charge in [0.05, 0.1) is 0 Å². The molecule has 0 aliphatic carbocycles. The van der Waals surface area contributed by atoms with Gasteiger partial charge in [0.25, 0.3) is 11.8 Å². The average Bonchev–Trinajstić information content (AvgIpc) is 2.44. The molecule has 0 heterocycles. The highest BCUT2D eigenvalue weighted by molar-refractivity contribution is 5.92. The van der Waals surface area contributed by atoms with Gasteiger partial charge in [-0.3, -0.25) is 9.59 Å². The smallest absolute Gasteiger partial charge is 0.282 e. The fourth-order valence-corrected chi connectivity index (χ4v) is 2.44. The third-order valence-corrected chi connectivity index (χ3v) is 3.57. The molecular weight excluding hydrogens is 302 g/mol. The summed E-state index contributed by atoms with van der Waals surface area (Å²) < 4.78 is 27.2. The lowest BCUT2D eigenvalue weighted by atomic mass is 10.1. The summed E-state index contributed by atoms with van der Waals surface area (Å²) in [6, 6.07) is -0.824. The highest BCUT2D eigenvalue weighted by Crippen LogP contribution is 2.16. The van der Waals surface area contributed by atoms with Crippen LogP contribution in [0, 0.1) is 0 Å². The molecule has 0 aromatic heterocycles. The van der Waals surface area contributed by atoms with Crippen molar-refractivity contribution in [3.05, 3.63) is 24.3 Å². The van der Waals surface area contributed by atoms with Crippen LogP contribution in [0.25, 0.3) is 0 Å². The van der Waals surface area contributed by atoms with Crippen LogP contribution in [-0.4, -0.2) is 46.3 Å². The van der Waals surface area contributed by atoms with E-state index in [4.69, 9.17) is 0 Å². The SMILES string of the molecule is C=C(F)C(=O)N(C(C)C)C(C)C/C=C(\F)C(=O)N(CC)C(C)C. The maximum Gasteiger partial charge on any atom is 0.282 e. The summed E-state index contributed by atoms with van der Waals surface area (Å²) in [5.74, 6) is -3.40. The minimum absolute atomic E-state index is 0.104. The van der Waals surface area contributed by atoms with Crippen LogP contribution in [0.1, 0.15) is 48.0 Å². The van der Waals surface area contributed by atoms with Crippen molar-refractivity contribution in [2.45, 2.75) is 66.1 Å². The Labute approximate surface area is 137 Å². The molecule has 0 radical (unpaired) electrons. The van der Waals surface area contributed by atoms with Gasteiger partial charge in [0, 0.05) is 24.7 Å². The average molecular weight is 330 g/mol. The zero-order valence-electron chi connectivity index (χ0n) is 14.9. The summed E-state index contributed by atoms with van der Waals surface area (Å²) in [5, 5.41) is 0. The van der Waals surface area contributed by atoms with E-state index in [0.717, 1.165) is 6.08 Å². The van der Waals surface area contributed by atoms with Gasteiger partial charge in [0.15, 0.2) is 11.7 Å². The van der Waals surface area contributed by atoms with Crippen LogP contribution < -0.4 is 0 Å². The summed E-state index contributed by atoms with van der Waals surface area (Å²) in [5.41, 5.74) is 0.